The predicted molar refractivity (Wildman–Crippen MR) is 68.9 cm³/mol. The highest BCUT2D eigenvalue weighted by molar-refractivity contribution is 9.10. The first-order valence-electron chi connectivity index (χ1n) is 5.56. The van der Waals surface area contributed by atoms with E-state index >= 15 is 0 Å². The van der Waals surface area contributed by atoms with Crippen LogP contribution in [0.2, 0.25) is 0 Å². The van der Waals surface area contributed by atoms with Crippen molar-refractivity contribution in [1.29, 1.82) is 0 Å². The summed E-state index contributed by atoms with van der Waals surface area (Å²) in [6.07, 6.45) is -4.76. The van der Waals surface area contributed by atoms with Crippen LogP contribution in [0.5, 0.6) is 0 Å². The molecule has 0 saturated carbocycles. The van der Waals surface area contributed by atoms with Gasteiger partial charge in [-0.15, -0.1) is 0 Å². The number of hydrogen-bond acceptors (Lipinski definition) is 1. The van der Waals surface area contributed by atoms with Crippen LogP contribution in [0.15, 0.2) is 40.9 Å². The van der Waals surface area contributed by atoms with Gasteiger partial charge in [-0.25, -0.2) is 8.78 Å². The number of carbonyl (C=O) groups excluding carboxylic acids is 1. The van der Waals surface area contributed by atoms with E-state index in [1.54, 1.807) is 0 Å². The van der Waals surface area contributed by atoms with Crippen LogP contribution in [0.1, 0.15) is 21.5 Å². The molecule has 0 aliphatic carbocycles. The molecule has 0 aliphatic rings. The summed E-state index contributed by atoms with van der Waals surface area (Å²) in [5.41, 5.74) is -2.33. The Morgan fingerprint density at radius 3 is 2.05 bits per heavy atom. The maximum atomic E-state index is 13.1. The Bertz CT molecular complexity index is 689. The molecule has 0 aliphatic heterocycles. The molecule has 2 aromatic carbocycles. The van der Waals surface area contributed by atoms with E-state index in [0.717, 1.165) is 12.1 Å². The highest BCUT2D eigenvalue weighted by Gasteiger charge is 2.35. The van der Waals surface area contributed by atoms with E-state index in [9.17, 15) is 26.7 Å². The Kier molecular flexibility index (Phi) is 4.13. The van der Waals surface area contributed by atoms with Crippen LogP contribution in [-0.4, -0.2) is 5.78 Å². The van der Waals surface area contributed by atoms with Crippen molar-refractivity contribution >= 4 is 21.7 Å². The molecule has 0 N–H and O–H groups in total. The third kappa shape index (κ3) is 3.47. The summed E-state index contributed by atoms with van der Waals surface area (Å²) in [6, 6.07) is 4.85. The van der Waals surface area contributed by atoms with Gasteiger partial charge in [0.15, 0.2) is 5.78 Å². The van der Waals surface area contributed by atoms with Crippen LogP contribution in [0.25, 0.3) is 0 Å². The highest BCUT2D eigenvalue weighted by Crippen LogP contribution is 2.34. The van der Waals surface area contributed by atoms with Crippen molar-refractivity contribution in [3.05, 3.63) is 69.2 Å². The van der Waals surface area contributed by atoms with Gasteiger partial charge in [0.05, 0.1) is 5.56 Å². The smallest absolute Gasteiger partial charge is 0.289 e. The van der Waals surface area contributed by atoms with Gasteiger partial charge >= 0.3 is 6.18 Å². The van der Waals surface area contributed by atoms with Crippen molar-refractivity contribution in [1.82, 2.24) is 0 Å². The van der Waals surface area contributed by atoms with E-state index < -0.39 is 40.3 Å². The van der Waals surface area contributed by atoms with E-state index in [0.29, 0.717) is 18.2 Å². The maximum Gasteiger partial charge on any atom is 0.417 e. The van der Waals surface area contributed by atoms with Crippen molar-refractivity contribution in [2.24, 2.45) is 0 Å². The van der Waals surface area contributed by atoms with Gasteiger partial charge < -0.3 is 0 Å². The van der Waals surface area contributed by atoms with Crippen LogP contribution < -0.4 is 0 Å². The number of hydrogen-bond donors (Lipinski definition) is 0. The summed E-state index contributed by atoms with van der Waals surface area (Å²) >= 11 is 2.89. The van der Waals surface area contributed by atoms with Gasteiger partial charge in [-0.1, -0.05) is 15.9 Å². The molecule has 21 heavy (non-hydrogen) atoms. The summed E-state index contributed by atoms with van der Waals surface area (Å²) in [4.78, 5) is 12.1. The first-order valence-corrected chi connectivity index (χ1v) is 6.35. The van der Waals surface area contributed by atoms with Gasteiger partial charge in [-0.2, -0.15) is 13.2 Å². The minimum Gasteiger partial charge on any atom is -0.289 e. The zero-order chi connectivity index (χ0) is 15.8. The fourth-order valence-corrected chi connectivity index (χ4v) is 2.15. The predicted octanol–water partition coefficient (Wildman–Crippen LogP) is 4.98. The zero-order valence-electron chi connectivity index (χ0n) is 10.1. The molecule has 0 atom stereocenters. The van der Waals surface area contributed by atoms with E-state index in [1.807, 2.05) is 0 Å². The van der Waals surface area contributed by atoms with Crippen molar-refractivity contribution in [3.63, 3.8) is 0 Å². The molecule has 0 fully saturated rings. The van der Waals surface area contributed by atoms with Crippen LogP contribution >= 0.6 is 15.9 Å². The molecule has 0 amide bonds. The van der Waals surface area contributed by atoms with Crippen molar-refractivity contribution in [2.45, 2.75) is 6.18 Å². The lowest BCUT2D eigenvalue weighted by Gasteiger charge is -2.12. The van der Waals surface area contributed by atoms with Gasteiger partial charge in [-0.05, 0) is 30.3 Å². The Hall–Kier alpha value is -1.76. The molecule has 2 aromatic rings. The fraction of sp³-hybridized carbons (Fsp3) is 0.0714. The van der Waals surface area contributed by atoms with Crippen LogP contribution in [0, 0.1) is 11.6 Å². The van der Waals surface area contributed by atoms with Gasteiger partial charge in [0.25, 0.3) is 0 Å². The monoisotopic (exact) mass is 364 g/mol. The van der Waals surface area contributed by atoms with Crippen molar-refractivity contribution < 1.29 is 26.7 Å². The molecule has 0 radical (unpaired) electrons. The lowest BCUT2D eigenvalue weighted by atomic mass is 9.98. The minimum atomic E-state index is -4.76. The maximum absolute atomic E-state index is 13.1. The van der Waals surface area contributed by atoms with Gasteiger partial charge in [0.2, 0.25) is 0 Å². The molecule has 0 saturated heterocycles. The summed E-state index contributed by atoms with van der Waals surface area (Å²) in [7, 11) is 0. The standard InChI is InChI=1S/C14H6BrF5O/c15-8-1-2-11(12(5-8)14(18,19)20)13(21)7-3-9(16)6-10(17)4-7/h1-6H. The second-order valence-electron chi connectivity index (χ2n) is 4.17. The van der Waals surface area contributed by atoms with E-state index in [1.165, 1.54) is 6.07 Å². The molecule has 0 bridgehead atoms. The summed E-state index contributed by atoms with van der Waals surface area (Å²) in [5, 5.41) is 0. The Balaban J connectivity index is 2.58. The SMILES string of the molecule is O=C(c1cc(F)cc(F)c1)c1ccc(Br)cc1C(F)(F)F. The Labute approximate surface area is 124 Å². The third-order valence-corrected chi connectivity index (χ3v) is 3.15. The summed E-state index contributed by atoms with van der Waals surface area (Å²) in [5.74, 6) is -3.18. The Morgan fingerprint density at radius 2 is 1.52 bits per heavy atom. The van der Waals surface area contributed by atoms with Crippen LogP contribution in [0.3, 0.4) is 0 Å². The topological polar surface area (TPSA) is 17.1 Å². The zero-order valence-corrected chi connectivity index (χ0v) is 11.7. The molecule has 0 heterocycles. The largest absolute Gasteiger partial charge is 0.417 e. The lowest BCUT2D eigenvalue weighted by molar-refractivity contribution is -0.137. The number of ketones is 1. The molecular weight excluding hydrogens is 359 g/mol. The van der Waals surface area contributed by atoms with Crippen molar-refractivity contribution in [2.75, 3.05) is 0 Å². The fourth-order valence-electron chi connectivity index (χ4n) is 1.79. The molecule has 110 valence electrons. The molecule has 0 unspecified atom stereocenters. The Morgan fingerprint density at radius 1 is 0.952 bits per heavy atom. The summed E-state index contributed by atoms with van der Waals surface area (Å²) < 4.78 is 65.1. The van der Waals surface area contributed by atoms with E-state index in [4.69, 9.17) is 0 Å². The number of carbonyl (C=O) groups is 1. The molecular formula is C14H6BrF5O. The molecule has 7 heteroatoms. The molecule has 2 rings (SSSR count). The first kappa shape index (κ1) is 15.6. The number of benzene rings is 2. The molecule has 0 spiro atoms. The van der Waals surface area contributed by atoms with E-state index in [-0.39, 0.29) is 4.47 Å². The molecule has 0 aromatic heterocycles. The second kappa shape index (κ2) is 5.55. The minimum absolute atomic E-state index is 0.136. The lowest BCUT2D eigenvalue weighted by Crippen LogP contribution is -2.14. The second-order valence-corrected chi connectivity index (χ2v) is 5.09. The first-order chi connectivity index (χ1) is 9.68. The van der Waals surface area contributed by atoms with Gasteiger partial charge in [-0.3, -0.25) is 4.79 Å². The number of alkyl halides is 3. The van der Waals surface area contributed by atoms with E-state index in [2.05, 4.69) is 15.9 Å². The number of rotatable bonds is 2. The van der Waals surface area contributed by atoms with Crippen molar-refractivity contribution in [3.8, 4) is 0 Å². The molecule has 1 nitrogen and oxygen atoms in total. The van der Waals surface area contributed by atoms with Gasteiger partial charge in [0, 0.05) is 21.7 Å². The summed E-state index contributed by atoms with van der Waals surface area (Å²) in [6.45, 7) is 0. The average molecular weight is 365 g/mol. The van der Waals surface area contributed by atoms with Crippen LogP contribution in [-0.2, 0) is 6.18 Å². The normalized spacial score (nSPS) is 11.5. The third-order valence-electron chi connectivity index (χ3n) is 2.66. The highest BCUT2D eigenvalue weighted by atomic mass is 79.9. The number of halogens is 6. The van der Waals surface area contributed by atoms with Gasteiger partial charge in [0.1, 0.15) is 11.6 Å². The quantitative estimate of drug-likeness (QED) is 0.542. The van der Waals surface area contributed by atoms with Crippen LogP contribution in [0.4, 0.5) is 22.0 Å². The average Bonchev–Trinajstić information content (AvgIpc) is 2.35.